The van der Waals surface area contributed by atoms with Crippen molar-refractivity contribution in [3.8, 4) is 11.3 Å². The molecule has 38 heavy (non-hydrogen) atoms. The van der Waals surface area contributed by atoms with Gasteiger partial charge in [0.2, 0.25) is 0 Å². The Morgan fingerprint density at radius 3 is 2.58 bits per heavy atom. The number of hydrogen-bond donors (Lipinski definition) is 2. The highest BCUT2D eigenvalue weighted by molar-refractivity contribution is 7.92. The van der Waals surface area contributed by atoms with Gasteiger partial charge in [0, 0.05) is 25.1 Å². The third-order valence-corrected chi connectivity index (χ3v) is 7.69. The van der Waals surface area contributed by atoms with Crippen LogP contribution in [0.2, 0.25) is 0 Å². The molecule has 1 saturated heterocycles. The number of benzene rings is 1. The molecule has 0 spiro atoms. The number of anilines is 2. The van der Waals surface area contributed by atoms with Crippen LogP contribution >= 0.6 is 0 Å². The van der Waals surface area contributed by atoms with Crippen LogP contribution in [0.3, 0.4) is 0 Å². The normalized spacial score (nSPS) is 16.3. The highest BCUT2D eigenvalue weighted by atomic mass is 32.2. The first-order valence-electron chi connectivity index (χ1n) is 12.0. The number of nitrogens with one attached hydrogen (secondary N) is 1. The summed E-state index contributed by atoms with van der Waals surface area (Å²) in [5.41, 5.74) is -0.553. The van der Waals surface area contributed by atoms with E-state index in [1.807, 2.05) is 4.90 Å². The fourth-order valence-corrected chi connectivity index (χ4v) is 5.51. The average molecular weight is 549 g/mol. The van der Waals surface area contributed by atoms with Gasteiger partial charge in [-0.05, 0) is 61.9 Å². The zero-order valence-electron chi connectivity index (χ0n) is 20.6. The second-order valence-electron chi connectivity index (χ2n) is 9.23. The van der Waals surface area contributed by atoms with Gasteiger partial charge >= 0.3 is 12.1 Å². The first-order valence-corrected chi connectivity index (χ1v) is 13.5. The number of rotatable bonds is 8. The van der Waals surface area contributed by atoms with Gasteiger partial charge in [0.05, 0.1) is 11.3 Å². The van der Waals surface area contributed by atoms with Gasteiger partial charge < -0.3 is 10.0 Å². The van der Waals surface area contributed by atoms with Crippen molar-refractivity contribution < 1.29 is 31.5 Å². The van der Waals surface area contributed by atoms with Crippen LogP contribution in [-0.2, 0) is 21.0 Å². The summed E-state index contributed by atoms with van der Waals surface area (Å²) in [5, 5.41) is 8.66. The Kier molecular flexibility index (Phi) is 7.91. The van der Waals surface area contributed by atoms with Crippen molar-refractivity contribution in [3.05, 3.63) is 65.7 Å². The largest absolute Gasteiger partial charge is 0.481 e. The third-order valence-electron chi connectivity index (χ3n) is 6.43. The molecule has 2 N–H and O–H groups in total. The molecule has 1 fully saturated rings. The lowest BCUT2D eigenvalue weighted by Gasteiger charge is -2.33. The van der Waals surface area contributed by atoms with Gasteiger partial charge in [0.25, 0.3) is 10.0 Å². The molecule has 0 saturated carbocycles. The number of piperidine rings is 1. The number of carboxylic acid groups (broad SMARTS) is 1. The van der Waals surface area contributed by atoms with E-state index in [0.29, 0.717) is 30.9 Å². The number of aliphatic carboxylic acids is 1. The summed E-state index contributed by atoms with van der Waals surface area (Å²) >= 11 is 0. The lowest BCUT2D eigenvalue weighted by molar-refractivity contribution is -0.138. The van der Waals surface area contributed by atoms with Gasteiger partial charge in [-0.2, -0.15) is 21.6 Å². The van der Waals surface area contributed by atoms with Gasteiger partial charge in [-0.15, -0.1) is 0 Å². The maximum absolute atomic E-state index is 13.7. The maximum atomic E-state index is 13.7. The number of hydrogen-bond acceptors (Lipinski definition) is 6. The predicted molar refractivity (Wildman–Crippen MR) is 136 cm³/mol. The molecule has 1 aliphatic heterocycles. The quantitative estimate of drug-likeness (QED) is 0.390. The molecule has 3 heterocycles. The number of nitrogens with zero attached hydrogens (tertiary/aromatic N) is 3. The van der Waals surface area contributed by atoms with Crippen molar-refractivity contribution in [2.45, 2.75) is 43.8 Å². The molecule has 202 valence electrons. The first-order chi connectivity index (χ1) is 17.9. The molecule has 4 rings (SSSR count). The summed E-state index contributed by atoms with van der Waals surface area (Å²) in [6.45, 7) is 2.85. The summed E-state index contributed by atoms with van der Waals surface area (Å²) < 4.78 is 69.7. The minimum Gasteiger partial charge on any atom is -0.481 e. The number of aryl methyl sites for hydroxylation is 1. The smallest absolute Gasteiger partial charge is 0.418 e. The fraction of sp³-hybridized carbons (Fsp3) is 0.346. The van der Waals surface area contributed by atoms with Crippen molar-refractivity contribution in [3.63, 3.8) is 0 Å². The van der Waals surface area contributed by atoms with Gasteiger partial charge in [0.1, 0.15) is 11.6 Å². The predicted octanol–water partition coefficient (Wildman–Crippen LogP) is 5.35. The highest BCUT2D eigenvalue weighted by Crippen LogP contribution is 2.38. The molecular formula is C26H27F3N4O4S. The van der Waals surface area contributed by atoms with Crippen LogP contribution in [0.1, 0.15) is 36.8 Å². The molecule has 0 amide bonds. The Morgan fingerprint density at radius 1 is 1.11 bits per heavy atom. The van der Waals surface area contributed by atoms with Crippen LogP contribution in [0.15, 0.2) is 59.6 Å². The molecule has 1 aromatic carbocycles. The lowest BCUT2D eigenvalue weighted by Crippen LogP contribution is -2.36. The number of halogens is 3. The van der Waals surface area contributed by atoms with E-state index in [4.69, 9.17) is 5.11 Å². The standard InChI is InChI=1S/C26H27F3N4O4S/c1-17-6-2-3-8-19(17)25-20(26(27,28)29)12-13-21(30-25)32-38(36,37)23-10-4-9-22(31-23)33-15-5-7-18(16-33)11-14-24(34)35/h2-4,6,8-10,12-13,18H,5,7,11,14-16H2,1H3,(H,30,32)(H,34,35)/t18-/m1/s1. The molecule has 12 heteroatoms. The van der Waals surface area contributed by atoms with Crippen LogP contribution in [0.5, 0.6) is 0 Å². The van der Waals surface area contributed by atoms with Gasteiger partial charge in [-0.1, -0.05) is 30.3 Å². The Bertz CT molecular complexity index is 1430. The van der Waals surface area contributed by atoms with Crippen molar-refractivity contribution in [1.82, 2.24) is 9.97 Å². The average Bonchev–Trinajstić information content (AvgIpc) is 2.87. The second-order valence-corrected chi connectivity index (χ2v) is 10.9. The molecule has 3 aromatic rings. The summed E-state index contributed by atoms with van der Waals surface area (Å²) in [5.74, 6) is -0.554. The summed E-state index contributed by atoms with van der Waals surface area (Å²) in [6.07, 6.45) is -2.40. The van der Waals surface area contributed by atoms with Crippen molar-refractivity contribution in [2.75, 3.05) is 22.7 Å². The molecular weight excluding hydrogens is 521 g/mol. The van der Waals surface area contributed by atoms with E-state index in [1.165, 1.54) is 18.2 Å². The Labute approximate surface area is 218 Å². The molecule has 0 radical (unpaired) electrons. The van der Waals surface area contributed by atoms with Crippen LogP contribution in [0.25, 0.3) is 11.3 Å². The van der Waals surface area contributed by atoms with Gasteiger partial charge in [-0.25, -0.2) is 9.97 Å². The number of carbonyl (C=O) groups is 1. The highest BCUT2D eigenvalue weighted by Gasteiger charge is 2.35. The minimum absolute atomic E-state index is 0.0644. The van der Waals surface area contributed by atoms with E-state index in [9.17, 15) is 26.4 Å². The summed E-state index contributed by atoms with van der Waals surface area (Å²) in [4.78, 5) is 21.2. The zero-order valence-corrected chi connectivity index (χ0v) is 21.4. The van der Waals surface area contributed by atoms with E-state index >= 15 is 0 Å². The Balaban J connectivity index is 1.60. The third kappa shape index (κ3) is 6.42. The monoisotopic (exact) mass is 548 g/mol. The number of pyridine rings is 2. The Morgan fingerprint density at radius 2 is 1.87 bits per heavy atom. The lowest BCUT2D eigenvalue weighted by atomic mass is 9.93. The number of aromatic nitrogens is 2. The minimum atomic E-state index is -4.69. The molecule has 0 aliphatic carbocycles. The van der Waals surface area contributed by atoms with E-state index in [1.54, 1.807) is 31.2 Å². The summed E-state index contributed by atoms with van der Waals surface area (Å²) in [6, 6.07) is 12.7. The summed E-state index contributed by atoms with van der Waals surface area (Å²) in [7, 11) is -4.28. The number of sulfonamides is 1. The molecule has 1 aliphatic rings. The van der Waals surface area contributed by atoms with Crippen LogP contribution < -0.4 is 9.62 Å². The van der Waals surface area contributed by atoms with E-state index in [-0.39, 0.29) is 34.4 Å². The van der Waals surface area contributed by atoms with Crippen LogP contribution in [0.4, 0.5) is 24.8 Å². The maximum Gasteiger partial charge on any atom is 0.418 e. The molecule has 2 aromatic heterocycles. The van der Waals surface area contributed by atoms with Crippen molar-refractivity contribution >= 4 is 27.6 Å². The molecule has 1 atom stereocenters. The van der Waals surface area contributed by atoms with Crippen molar-refractivity contribution in [2.24, 2.45) is 5.92 Å². The fourth-order valence-electron chi connectivity index (χ4n) is 4.54. The van der Waals surface area contributed by atoms with E-state index < -0.39 is 27.7 Å². The molecule has 8 nitrogen and oxygen atoms in total. The van der Waals surface area contributed by atoms with Gasteiger partial charge in [0.15, 0.2) is 5.03 Å². The first kappa shape index (κ1) is 27.4. The van der Waals surface area contributed by atoms with Crippen LogP contribution in [0, 0.1) is 12.8 Å². The van der Waals surface area contributed by atoms with Gasteiger partial charge in [-0.3, -0.25) is 9.52 Å². The zero-order chi connectivity index (χ0) is 27.5. The molecule has 0 unspecified atom stereocenters. The number of alkyl halides is 3. The van der Waals surface area contributed by atoms with E-state index in [0.717, 1.165) is 25.0 Å². The molecule has 0 bridgehead atoms. The number of carboxylic acids is 1. The SMILES string of the molecule is Cc1ccccc1-c1nc(NS(=O)(=O)c2cccc(N3CCC[C@H](CCC(=O)O)C3)n2)ccc1C(F)(F)F. The topological polar surface area (TPSA) is 112 Å². The second kappa shape index (κ2) is 11.0. The Hall–Kier alpha value is -3.67. The van der Waals surface area contributed by atoms with Crippen LogP contribution in [-0.4, -0.2) is 42.6 Å². The van der Waals surface area contributed by atoms with Crippen molar-refractivity contribution in [1.29, 1.82) is 0 Å². The van der Waals surface area contributed by atoms with E-state index in [2.05, 4.69) is 14.7 Å².